The fourth-order valence-electron chi connectivity index (χ4n) is 0.729. The second-order valence-corrected chi connectivity index (χ2v) is 2.63. The molecule has 1 aromatic heterocycles. The van der Waals surface area contributed by atoms with Crippen molar-refractivity contribution >= 4 is 0 Å². The van der Waals surface area contributed by atoms with Gasteiger partial charge in [0.05, 0.1) is 11.9 Å². The maximum absolute atomic E-state index is 5.17. The average molecular weight is 146 g/mol. The first-order chi connectivity index (χ1) is 5.24. The van der Waals surface area contributed by atoms with Crippen LogP contribution in [-0.4, -0.2) is 9.97 Å². The van der Waals surface area contributed by atoms with Crippen LogP contribution in [0.25, 0.3) is 0 Å². The van der Waals surface area contributed by atoms with Gasteiger partial charge in [0, 0.05) is 6.20 Å². The van der Waals surface area contributed by atoms with Gasteiger partial charge in [-0.25, -0.2) is 4.98 Å². The highest BCUT2D eigenvalue weighted by atomic mass is 14.8. The molecule has 0 bridgehead atoms. The third-order valence-corrected chi connectivity index (χ3v) is 1.39. The lowest BCUT2D eigenvalue weighted by Gasteiger charge is -2.01. The summed E-state index contributed by atoms with van der Waals surface area (Å²) in [6.45, 7) is 4.12. The summed E-state index contributed by atoms with van der Waals surface area (Å²) >= 11 is 0. The molecule has 0 saturated carbocycles. The minimum Gasteiger partial charge on any atom is -0.260 e. The van der Waals surface area contributed by atoms with Crippen LogP contribution in [0.5, 0.6) is 0 Å². The maximum Gasteiger partial charge on any atom is 0.131 e. The van der Waals surface area contributed by atoms with Gasteiger partial charge in [-0.1, -0.05) is 13.8 Å². The Kier molecular flexibility index (Phi) is 2.22. The normalized spacial score (nSPS) is 9.64. The predicted molar refractivity (Wildman–Crippen MR) is 44.1 cm³/mol. The highest BCUT2D eigenvalue weighted by molar-refractivity contribution is 5.22. The summed E-state index contributed by atoms with van der Waals surface area (Å²) in [6, 6.07) is 0. The van der Waals surface area contributed by atoms with Crippen LogP contribution >= 0.6 is 0 Å². The van der Waals surface area contributed by atoms with Gasteiger partial charge in [-0.2, -0.15) is 0 Å². The molecule has 0 aromatic carbocycles. The summed E-state index contributed by atoms with van der Waals surface area (Å²) in [4.78, 5) is 8.16. The number of hydrogen-bond acceptors (Lipinski definition) is 2. The molecule has 0 atom stereocenters. The first-order valence-electron chi connectivity index (χ1n) is 3.52. The number of rotatable bonds is 1. The molecule has 0 unspecified atom stereocenters. The van der Waals surface area contributed by atoms with Gasteiger partial charge in [0.1, 0.15) is 5.69 Å². The van der Waals surface area contributed by atoms with Crippen molar-refractivity contribution in [1.29, 1.82) is 0 Å². The number of terminal acetylenes is 1. The zero-order valence-electron chi connectivity index (χ0n) is 6.70. The molecule has 0 fully saturated rings. The monoisotopic (exact) mass is 146 g/mol. The molecular weight excluding hydrogens is 136 g/mol. The molecule has 11 heavy (non-hydrogen) atoms. The van der Waals surface area contributed by atoms with Crippen LogP contribution in [0.2, 0.25) is 0 Å². The number of aromatic nitrogens is 2. The molecule has 0 radical (unpaired) electrons. The lowest BCUT2D eigenvalue weighted by molar-refractivity contribution is 0.809. The van der Waals surface area contributed by atoms with Crippen molar-refractivity contribution in [2.75, 3.05) is 0 Å². The minimum atomic E-state index is 0.385. The van der Waals surface area contributed by atoms with E-state index in [4.69, 9.17) is 6.42 Å². The molecule has 56 valence electrons. The van der Waals surface area contributed by atoms with Crippen molar-refractivity contribution in [3.63, 3.8) is 0 Å². The van der Waals surface area contributed by atoms with Crippen molar-refractivity contribution in [3.05, 3.63) is 23.8 Å². The lowest BCUT2D eigenvalue weighted by atomic mass is 10.1. The maximum atomic E-state index is 5.17. The van der Waals surface area contributed by atoms with E-state index in [1.807, 2.05) is 0 Å². The summed E-state index contributed by atoms with van der Waals surface area (Å²) in [7, 11) is 0. The van der Waals surface area contributed by atoms with Crippen LogP contribution in [0.15, 0.2) is 12.4 Å². The first-order valence-corrected chi connectivity index (χ1v) is 3.52. The highest BCUT2D eigenvalue weighted by Gasteiger charge is 2.00. The Hall–Kier alpha value is -1.36. The largest absolute Gasteiger partial charge is 0.260 e. The van der Waals surface area contributed by atoms with Gasteiger partial charge < -0.3 is 0 Å². The van der Waals surface area contributed by atoms with Crippen molar-refractivity contribution in [3.8, 4) is 12.3 Å². The number of nitrogens with zero attached hydrogens (tertiary/aromatic N) is 2. The summed E-state index contributed by atoms with van der Waals surface area (Å²) in [5.41, 5.74) is 1.55. The van der Waals surface area contributed by atoms with E-state index in [0.717, 1.165) is 5.69 Å². The van der Waals surface area contributed by atoms with Crippen LogP contribution in [0.1, 0.15) is 31.2 Å². The third kappa shape index (κ3) is 1.78. The van der Waals surface area contributed by atoms with Crippen molar-refractivity contribution in [1.82, 2.24) is 9.97 Å². The molecule has 0 spiro atoms. The quantitative estimate of drug-likeness (QED) is 0.562. The zero-order valence-corrected chi connectivity index (χ0v) is 6.70. The van der Waals surface area contributed by atoms with E-state index < -0.39 is 0 Å². The van der Waals surface area contributed by atoms with Crippen LogP contribution in [0.3, 0.4) is 0 Å². The van der Waals surface area contributed by atoms with Gasteiger partial charge >= 0.3 is 0 Å². The molecule has 1 rings (SSSR count). The molecular formula is C9H10N2. The van der Waals surface area contributed by atoms with E-state index >= 15 is 0 Å². The average Bonchev–Trinajstić information content (AvgIpc) is 2.05. The van der Waals surface area contributed by atoms with Gasteiger partial charge in [0.25, 0.3) is 0 Å². The van der Waals surface area contributed by atoms with Crippen LogP contribution in [0.4, 0.5) is 0 Å². The van der Waals surface area contributed by atoms with E-state index in [-0.39, 0.29) is 0 Å². The Balaban J connectivity index is 3.03. The molecule has 1 aromatic rings. The Labute approximate surface area is 66.7 Å². The van der Waals surface area contributed by atoms with E-state index in [2.05, 4.69) is 29.7 Å². The lowest BCUT2D eigenvalue weighted by Crippen LogP contribution is -1.95. The Bertz CT molecular complexity index is 284. The summed E-state index contributed by atoms with van der Waals surface area (Å²) in [6.07, 6.45) is 8.50. The van der Waals surface area contributed by atoms with E-state index in [1.54, 1.807) is 12.4 Å². The molecule has 1 heterocycles. The third-order valence-electron chi connectivity index (χ3n) is 1.39. The Morgan fingerprint density at radius 3 is 2.73 bits per heavy atom. The van der Waals surface area contributed by atoms with Crippen molar-refractivity contribution in [2.45, 2.75) is 19.8 Å². The minimum absolute atomic E-state index is 0.385. The predicted octanol–water partition coefficient (Wildman–Crippen LogP) is 1.58. The molecule has 0 N–H and O–H groups in total. The van der Waals surface area contributed by atoms with Gasteiger partial charge in [0.15, 0.2) is 0 Å². The van der Waals surface area contributed by atoms with Crippen LogP contribution in [0, 0.1) is 12.3 Å². The second-order valence-electron chi connectivity index (χ2n) is 2.63. The second kappa shape index (κ2) is 3.16. The van der Waals surface area contributed by atoms with Crippen LogP contribution < -0.4 is 0 Å². The van der Waals surface area contributed by atoms with Gasteiger partial charge in [-0.15, -0.1) is 6.42 Å². The fourth-order valence-corrected chi connectivity index (χ4v) is 0.729. The summed E-state index contributed by atoms with van der Waals surface area (Å²) < 4.78 is 0. The number of hydrogen-bond donors (Lipinski definition) is 0. The fraction of sp³-hybridized carbons (Fsp3) is 0.333. The van der Waals surface area contributed by atoms with Gasteiger partial charge in [-0.3, -0.25) is 4.98 Å². The molecule has 2 nitrogen and oxygen atoms in total. The van der Waals surface area contributed by atoms with Gasteiger partial charge in [0.2, 0.25) is 0 Å². The zero-order chi connectivity index (χ0) is 8.27. The summed E-state index contributed by atoms with van der Waals surface area (Å²) in [5, 5.41) is 0. The molecule has 0 aliphatic heterocycles. The smallest absolute Gasteiger partial charge is 0.131 e. The SMILES string of the molecule is C#Cc1cncc(C(C)C)n1. The van der Waals surface area contributed by atoms with E-state index in [0.29, 0.717) is 11.6 Å². The van der Waals surface area contributed by atoms with Crippen molar-refractivity contribution in [2.24, 2.45) is 0 Å². The van der Waals surface area contributed by atoms with E-state index in [1.165, 1.54) is 0 Å². The summed E-state index contributed by atoms with van der Waals surface area (Å²) in [5.74, 6) is 2.83. The van der Waals surface area contributed by atoms with Crippen LogP contribution in [-0.2, 0) is 0 Å². The van der Waals surface area contributed by atoms with Gasteiger partial charge in [-0.05, 0) is 11.8 Å². The highest BCUT2D eigenvalue weighted by Crippen LogP contribution is 2.08. The van der Waals surface area contributed by atoms with Crippen molar-refractivity contribution < 1.29 is 0 Å². The molecule has 2 heteroatoms. The first kappa shape index (κ1) is 7.74. The topological polar surface area (TPSA) is 25.8 Å². The molecule has 0 amide bonds. The molecule has 0 saturated heterocycles. The van der Waals surface area contributed by atoms with E-state index in [9.17, 15) is 0 Å². The molecule has 0 aliphatic carbocycles. The Morgan fingerprint density at radius 1 is 1.45 bits per heavy atom. The molecule has 0 aliphatic rings. The Morgan fingerprint density at radius 2 is 2.18 bits per heavy atom. The standard InChI is InChI=1S/C9H10N2/c1-4-8-5-10-6-9(11-8)7(2)3/h1,5-7H,2-3H3.